The van der Waals surface area contributed by atoms with E-state index < -0.39 is 17.8 Å². The van der Waals surface area contributed by atoms with Gasteiger partial charge >= 0.3 is 6.18 Å². The standard InChI is InChI=1S/C31H31ClF3N5O5/c1-42-23-5-3-19(15-25(23)43-2)28-29-22(37-26-16-20(31(33,34)35)7-9-39(26)29)8-10-40(28)27(41)18-45-24-6-4-21(36-30(24)32)17-38-11-13-44-14-12-38/h3-7,9,15-16,28H,8,10-14,17-18H2,1-2H3. The first kappa shape index (κ1) is 30.9. The Balaban J connectivity index is 1.29. The van der Waals surface area contributed by atoms with E-state index in [0.717, 1.165) is 30.9 Å². The lowest BCUT2D eigenvalue weighted by atomic mass is 9.95. The van der Waals surface area contributed by atoms with Gasteiger partial charge in [0.05, 0.1) is 56.1 Å². The average molecular weight is 646 g/mol. The second-order valence-electron chi connectivity index (χ2n) is 10.7. The number of halogens is 4. The summed E-state index contributed by atoms with van der Waals surface area (Å²) in [6.45, 7) is 3.50. The number of aromatic nitrogens is 3. The van der Waals surface area contributed by atoms with Gasteiger partial charge < -0.3 is 28.2 Å². The van der Waals surface area contributed by atoms with Crippen LogP contribution in [-0.2, 0) is 28.7 Å². The van der Waals surface area contributed by atoms with Crippen LogP contribution in [0, 0.1) is 0 Å². The van der Waals surface area contributed by atoms with Crippen LogP contribution in [0.2, 0.25) is 5.15 Å². The molecule has 14 heteroatoms. The van der Waals surface area contributed by atoms with E-state index in [1.807, 2.05) is 6.07 Å². The summed E-state index contributed by atoms with van der Waals surface area (Å²) in [6, 6.07) is 10.1. The van der Waals surface area contributed by atoms with Crippen LogP contribution in [0.3, 0.4) is 0 Å². The fraction of sp³-hybridized carbons (Fsp3) is 0.387. The summed E-state index contributed by atoms with van der Waals surface area (Å²) < 4.78 is 64.2. The third-order valence-corrected chi connectivity index (χ3v) is 8.25. The molecule has 0 radical (unpaired) electrons. The number of hydrogen-bond donors (Lipinski definition) is 0. The Morgan fingerprint density at radius 3 is 2.47 bits per heavy atom. The van der Waals surface area contributed by atoms with Crippen LogP contribution in [0.4, 0.5) is 13.2 Å². The molecule has 4 aromatic rings. The first-order valence-corrected chi connectivity index (χ1v) is 14.7. The number of benzene rings is 1. The number of amides is 1. The summed E-state index contributed by atoms with van der Waals surface area (Å²) in [6.07, 6.45) is -2.84. The topological polar surface area (TPSA) is 90.7 Å². The molecule has 2 aliphatic heterocycles. The number of carbonyl (C=O) groups excluding carboxylic acids is 1. The number of morpholine rings is 1. The number of imidazole rings is 1. The van der Waals surface area contributed by atoms with E-state index in [2.05, 4.69) is 14.9 Å². The van der Waals surface area contributed by atoms with Crippen molar-refractivity contribution in [2.75, 3.05) is 53.7 Å². The maximum Gasteiger partial charge on any atom is 0.416 e. The Kier molecular flexibility index (Phi) is 8.76. The zero-order valence-electron chi connectivity index (χ0n) is 24.6. The summed E-state index contributed by atoms with van der Waals surface area (Å²) in [5, 5.41) is 0.146. The molecule has 1 aromatic carbocycles. The molecule has 0 bridgehead atoms. The predicted molar refractivity (Wildman–Crippen MR) is 158 cm³/mol. The highest BCUT2D eigenvalue weighted by Crippen LogP contribution is 2.40. The van der Waals surface area contributed by atoms with Crippen molar-refractivity contribution in [2.24, 2.45) is 0 Å². The summed E-state index contributed by atoms with van der Waals surface area (Å²) in [4.78, 5) is 26.6. The normalized spacial score (nSPS) is 17.3. The van der Waals surface area contributed by atoms with Crippen molar-refractivity contribution >= 4 is 23.2 Å². The lowest BCUT2D eigenvalue weighted by molar-refractivity contribution is -0.137. The number of methoxy groups -OCH3 is 2. The molecule has 1 fully saturated rings. The third-order valence-electron chi connectivity index (χ3n) is 7.98. The predicted octanol–water partition coefficient (Wildman–Crippen LogP) is 4.80. The summed E-state index contributed by atoms with van der Waals surface area (Å²) in [7, 11) is 3.02. The fourth-order valence-corrected chi connectivity index (χ4v) is 5.99. The molecule has 0 spiro atoms. The van der Waals surface area contributed by atoms with E-state index in [1.54, 1.807) is 33.6 Å². The second-order valence-corrected chi connectivity index (χ2v) is 11.1. The number of hydrogen-bond acceptors (Lipinski definition) is 8. The number of carbonyl (C=O) groups is 1. The molecular weight excluding hydrogens is 615 g/mol. The van der Waals surface area contributed by atoms with Gasteiger partial charge in [-0.3, -0.25) is 9.69 Å². The smallest absolute Gasteiger partial charge is 0.416 e. The molecule has 10 nitrogen and oxygen atoms in total. The van der Waals surface area contributed by atoms with Gasteiger partial charge in [0.25, 0.3) is 5.91 Å². The lowest BCUT2D eigenvalue weighted by Gasteiger charge is -2.36. The molecule has 1 atom stereocenters. The van der Waals surface area contributed by atoms with E-state index in [0.29, 0.717) is 54.6 Å². The average Bonchev–Trinajstić information content (AvgIpc) is 3.41. The molecule has 1 saturated heterocycles. The highest BCUT2D eigenvalue weighted by Gasteiger charge is 2.37. The molecule has 238 valence electrons. The quantitative estimate of drug-likeness (QED) is 0.253. The molecule has 5 heterocycles. The van der Waals surface area contributed by atoms with E-state index in [1.165, 1.54) is 20.4 Å². The number of rotatable bonds is 8. The molecule has 0 saturated carbocycles. The molecule has 1 unspecified atom stereocenters. The maximum atomic E-state index is 13.8. The molecular formula is C31H31ClF3N5O5. The molecule has 0 N–H and O–H groups in total. The fourth-order valence-electron chi connectivity index (χ4n) is 5.76. The van der Waals surface area contributed by atoms with E-state index in [9.17, 15) is 18.0 Å². The number of pyridine rings is 2. The van der Waals surface area contributed by atoms with Crippen molar-refractivity contribution in [1.29, 1.82) is 0 Å². The minimum atomic E-state index is -4.52. The van der Waals surface area contributed by atoms with Gasteiger partial charge in [0, 0.05) is 38.8 Å². The SMILES string of the molecule is COc1ccc(C2c3c(nc4cc(C(F)(F)F)ccn34)CCN2C(=O)COc2ccc(CN3CCOCC3)nc2Cl)cc1OC. The largest absolute Gasteiger partial charge is 0.493 e. The number of ether oxygens (including phenoxy) is 4. The first-order valence-electron chi connectivity index (χ1n) is 14.3. The van der Waals surface area contributed by atoms with Crippen LogP contribution in [0.5, 0.6) is 17.2 Å². The van der Waals surface area contributed by atoms with E-state index in [4.69, 9.17) is 30.5 Å². The number of alkyl halides is 3. The van der Waals surface area contributed by atoms with Crippen molar-refractivity contribution < 1.29 is 36.9 Å². The van der Waals surface area contributed by atoms with Gasteiger partial charge in [-0.1, -0.05) is 17.7 Å². The number of nitrogens with zero attached hydrogens (tertiary/aromatic N) is 5. The van der Waals surface area contributed by atoms with Gasteiger partial charge in [-0.05, 0) is 42.0 Å². The second kappa shape index (κ2) is 12.7. The van der Waals surface area contributed by atoms with Crippen LogP contribution in [-0.4, -0.2) is 83.8 Å². The maximum absolute atomic E-state index is 13.8. The van der Waals surface area contributed by atoms with Gasteiger partial charge in [0.1, 0.15) is 5.65 Å². The minimum absolute atomic E-state index is 0.140. The number of fused-ring (bicyclic) bond motifs is 3. The molecule has 45 heavy (non-hydrogen) atoms. The Morgan fingerprint density at radius 2 is 1.76 bits per heavy atom. The molecule has 1 amide bonds. The molecule has 0 aliphatic carbocycles. The Labute approximate surface area is 262 Å². The van der Waals surface area contributed by atoms with Crippen molar-refractivity contribution in [2.45, 2.75) is 25.2 Å². The van der Waals surface area contributed by atoms with Crippen molar-refractivity contribution in [3.63, 3.8) is 0 Å². The van der Waals surface area contributed by atoms with Crippen LogP contribution < -0.4 is 14.2 Å². The van der Waals surface area contributed by atoms with Crippen LogP contribution >= 0.6 is 11.6 Å². The molecule has 2 aliphatic rings. The summed E-state index contributed by atoms with van der Waals surface area (Å²) in [5.74, 6) is 0.848. The van der Waals surface area contributed by atoms with Crippen molar-refractivity contribution in [3.05, 3.63) is 82.0 Å². The zero-order valence-corrected chi connectivity index (χ0v) is 25.4. The van der Waals surface area contributed by atoms with Crippen LogP contribution in [0.15, 0.2) is 48.7 Å². The monoisotopic (exact) mass is 645 g/mol. The highest BCUT2D eigenvalue weighted by atomic mass is 35.5. The van der Waals surface area contributed by atoms with E-state index >= 15 is 0 Å². The minimum Gasteiger partial charge on any atom is -0.493 e. The Hall–Kier alpha value is -4.07. The van der Waals surface area contributed by atoms with Gasteiger partial charge in [-0.25, -0.2) is 9.97 Å². The summed E-state index contributed by atoms with van der Waals surface area (Å²) >= 11 is 6.44. The lowest BCUT2D eigenvalue weighted by Crippen LogP contribution is -2.43. The summed E-state index contributed by atoms with van der Waals surface area (Å²) in [5.41, 5.74) is 1.96. The van der Waals surface area contributed by atoms with Crippen molar-refractivity contribution in [3.8, 4) is 17.2 Å². The first-order chi connectivity index (χ1) is 21.7. The Morgan fingerprint density at radius 1 is 1.00 bits per heavy atom. The zero-order chi connectivity index (χ0) is 31.7. The van der Waals surface area contributed by atoms with Gasteiger partial charge in [0.15, 0.2) is 29.0 Å². The molecule has 6 rings (SSSR count). The van der Waals surface area contributed by atoms with Crippen LogP contribution in [0.1, 0.15) is 34.3 Å². The Bertz CT molecular complexity index is 1710. The third kappa shape index (κ3) is 6.37. The van der Waals surface area contributed by atoms with Gasteiger partial charge in [-0.15, -0.1) is 0 Å². The van der Waals surface area contributed by atoms with Crippen LogP contribution in [0.25, 0.3) is 5.65 Å². The van der Waals surface area contributed by atoms with Crippen molar-refractivity contribution in [1.82, 2.24) is 24.2 Å². The highest BCUT2D eigenvalue weighted by molar-refractivity contribution is 6.30. The van der Waals surface area contributed by atoms with Gasteiger partial charge in [0.2, 0.25) is 0 Å². The van der Waals surface area contributed by atoms with E-state index in [-0.39, 0.29) is 35.6 Å². The van der Waals surface area contributed by atoms with Gasteiger partial charge in [-0.2, -0.15) is 13.2 Å². The molecule has 3 aromatic heterocycles.